The SMILES string of the molecule is CCOC(=O)Nc1snc(C)c1/C(C)=N/NC(=O)c1ccc[nH]1. The minimum atomic E-state index is -0.555. The monoisotopic (exact) mass is 335 g/mol. The van der Waals surface area contributed by atoms with Gasteiger partial charge in [0.05, 0.1) is 23.6 Å². The maximum atomic E-state index is 11.9. The fourth-order valence-electron chi connectivity index (χ4n) is 1.86. The van der Waals surface area contributed by atoms with Crippen LogP contribution >= 0.6 is 11.5 Å². The van der Waals surface area contributed by atoms with E-state index in [1.165, 1.54) is 0 Å². The van der Waals surface area contributed by atoms with Crippen molar-refractivity contribution in [2.45, 2.75) is 20.8 Å². The number of hydrazone groups is 1. The molecule has 0 bridgehead atoms. The van der Waals surface area contributed by atoms with Crippen LogP contribution in [-0.4, -0.2) is 33.7 Å². The zero-order valence-corrected chi connectivity index (χ0v) is 13.8. The summed E-state index contributed by atoms with van der Waals surface area (Å²) < 4.78 is 9.05. The summed E-state index contributed by atoms with van der Waals surface area (Å²) >= 11 is 1.13. The average molecular weight is 335 g/mol. The number of ether oxygens (including phenoxy) is 1. The summed E-state index contributed by atoms with van der Waals surface area (Å²) in [5.41, 5.74) is 4.76. The Bertz CT molecular complexity index is 721. The van der Waals surface area contributed by atoms with Gasteiger partial charge in [-0.05, 0) is 44.4 Å². The van der Waals surface area contributed by atoms with E-state index < -0.39 is 6.09 Å². The van der Waals surface area contributed by atoms with Gasteiger partial charge in [-0.2, -0.15) is 9.47 Å². The van der Waals surface area contributed by atoms with Crippen molar-refractivity contribution in [2.24, 2.45) is 5.10 Å². The number of hydrogen-bond donors (Lipinski definition) is 3. The third-order valence-electron chi connectivity index (χ3n) is 2.88. The van der Waals surface area contributed by atoms with E-state index in [0.29, 0.717) is 27.7 Å². The number of anilines is 1. The molecular formula is C14H17N5O3S. The fraction of sp³-hybridized carbons (Fsp3) is 0.286. The van der Waals surface area contributed by atoms with Crippen LogP contribution in [-0.2, 0) is 4.74 Å². The van der Waals surface area contributed by atoms with Crippen molar-refractivity contribution < 1.29 is 14.3 Å². The second-order valence-electron chi connectivity index (χ2n) is 4.54. The van der Waals surface area contributed by atoms with Crippen LogP contribution in [0, 0.1) is 6.92 Å². The van der Waals surface area contributed by atoms with E-state index in [1.54, 1.807) is 39.1 Å². The molecule has 0 aromatic carbocycles. The number of H-pyrrole nitrogens is 1. The number of nitrogens with zero attached hydrogens (tertiary/aromatic N) is 2. The van der Waals surface area contributed by atoms with Crippen LogP contribution in [0.25, 0.3) is 0 Å². The van der Waals surface area contributed by atoms with Crippen LogP contribution in [0.1, 0.15) is 35.6 Å². The zero-order valence-electron chi connectivity index (χ0n) is 13.0. The van der Waals surface area contributed by atoms with Crippen molar-refractivity contribution in [2.75, 3.05) is 11.9 Å². The van der Waals surface area contributed by atoms with Gasteiger partial charge in [-0.1, -0.05) is 0 Å². The lowest BCUT2D eigenvalue weighted by molar-refractivity contribution is 0.0950. The van der Waals surface area contributed by atoms with E-state index in [4.69, 9.17) is 4.74 Å². The van der Waals surface area contributed by atoms with Crippen LogP contribution < -0.4 is 10.7 Å². The Morgan fingerprint density at radius 2 is 2.26 bits per heavy atom. The molecule has 2 aromatic heterocycles. The predicted molar refractivity (Wildman–Crippen MR) is 88.0 cm³/mol. The fourth-order valence-corrected chi connectivity index (χ4v) is 2.70. The van der Waals surface area contributed by atoms with Crippen LogP contribution in [0.3, 0.4) is 0 Å². The lowest BCUT2D eigenvalue weighted by Gasteiger charge is -2.06. The summed E-state index contributed by atoms with van der Waals surface area (Å²) in [6, 6.07) is 3.37. The number of hydrogen-bond acceptors (Lipinski definition) is 6. The van der Waals surface area contributed by atoms with Gasteiger partial charge in [-0.3, -0.25) is 10.1 Å². The smallest absolute Gasteiger partial charge is 0.412 e. The maximum Gasteiger partial charge on any atom is 0.412 e. The number of rotatable bonds is 5. The summed E-state index contributed by atoms with van der Waals surface area (Å²) in [4.78, 5) is 26.2. The van der Waals surface area contributed by atoms with Crippen molar-refractivity contribution in [3.8, 4) is 0 Å². The van der Waals surface area contributed by atoms with E-state index in [1.807, 2.05) is 0 Å². The summed E-state index contributed by atoms with van der Waals surface area (Å²) in [5.74, 6) is -0.352. The highest BCUT2D eigenvalue weighted by molar-refractivity contribution is 7.11. The molecule has 23 heavy (non-hydrogen) atoms. The third kappa shape index (κ3) is 4.16. The molecule has 0 aliphatic carbocycles. The molecule has 122 valence electrons. The van der Waals surface area contributed by atoms with Gasteiger partial charge >= 0.3 is 6.09 Å². The van der Waals surface area contributed by atoms with Gasteiger partial charge in [0, 0.05) is 6.20 Å². The number of aryl methyl sites for hydroxylation is 1. The molecule has 2 aromatic rings. The van der Waals surface area contributed by atoms with Crippen LogP contribution in [0.4, 0.5) is 9.80 Å². The molecule has 8 nitrogen and oxygen atoms in total. The summed E-state index contributed by atoms with van der Waals surface area (Å²) in [6.07, 6.45) is 1.10. The number of carbonyl (C=O) groups excluding carboxylic acids is 2. The zero-order chi connectivity index (χ0) is 16.8. The number of amides is 2. The highest BCUT2D eigenvalue weighted by Gasteiger charge is 2.17. The van der Waals surface area contributed by atoms with Crippen molar-refractivity contribution >= 4 is 34.2 Å². The molecule has 2 heterocycles. The summed E-state index contributed by atoms with van der Waals surface area (Å²) in [6.45, 7) is 5.52. The van der Waals surface area contributed by atoms with E-state index in [-0.39, 0.29) is 12.5 Å². The van der Waals surface area contributed by atoms with Gasteiger partial charge in [0.1, 0.15) is 10.7 Å². The Labute approximate surface area is 137 Å². The Balaban J connectivity index is 2.13. The highest BCUT2D eigenvalue weighted by atomic mass is 32.1. The van der Waals surface area contributed by atoms with Gasteiger partial charge in [0.25, 0.3) is 5.91 Å². The molecule has 0 unspecified atom stereocenters. The number of nitrogens with one attached hydrogen (secondary N) is 3. The maximum absolute atomic E-state index is 11.9. The largest absolute Gasteiger partial charge is 0.450 e. The molecule has 0 aliphatic heterocycles. The summed E-state index contributed by atoms with van der Waals surface area (Å²) in [5, 5.41) is 7.22. The molecule has 0 radical (unpaired) electrons. The van der Waals surface area contributed by atoms with Crippen molar-refractivity contribution in [1.82, 2.24) is 14.8 Å². The van der Waals surface area contributed by atoms with E-state index >= 15 is 0 Å². The second-order valence-corrected chi connectivity index (χ2v) is 5.31. The van der Waals surface area contributed by atoms with E-state index in [9.17, 15) is 9.59 Å². The van der Waals surface area contributed by atoms with Crippen LogP contribution in [0.2, 0.25) is 0 Å². The first-order chi connectivity index (χ1) is 11.0. The van der Waals surface area contributed by atoms with Crippen molar-refractivity contribution in [3.63, 3.8) is 0 Å². The second kappa shape index (κ2) is 7.54. The molecule has 0 fully saturated rings. The minimum Gasteiger partial charge on any atom is -0.450 e. The van der Waals surface area contributed by atoms with Crippen LogP contribution in [0.5, 0.6) is 0 Å². The molecule has 0 saturated heterocycles. The molecule has 0 spiro atoms. The first kappa shape index (κ1) is 16.7. The Kier molecular flexibility index (Phi) is 5.47. The van der Waals surface area contributed by atoms with E-state index in [2.05, 4.69) is 25.2 Å². The predicted octanol–water partition coefficient (Wildman–Crippen LogP) is 2.50. The average Bonchev–Trinajstić information content (AvgIpc) is 3.15. The summed E-state index contributed by atoms with van der Waals surface area (Å²) in [7, 11) is 0. The molecule has 2 rings (SSSR count). The molecule has 0 atom stereocenters. The highest BCUT2D eigenvalue weighted by Crippen LogP contribution is 2.25. The van der Waals surface area contributed by atoms with Gasteiger partial charge in [0.15, 0.2) is 0 Å². The Morgan fingerprint density at radius 3 is 2.91 bits per heavy atom. The van der Waals surface area contributed by atoms with Gasteiger partial charge in [-0.15, -0.1) is 0 Å². The molecule has 2 amide bonds. The van der Waals surface area contributed by atoms with Gasteiger partial charge < -0.3 is 9.72 Å². The molecular weight excluding hydrogens is 318 g/mol. The normalized spacial score (nSPS) is 11.2. The quantitative estimate of drug-likeness (QED) is 0.576. The molecule has 0 aliphatic rings. The Hall–Kier alpha value is -2.68. The molecule has 0 saturated carbocycles. The van der Waals surface area contributed by atoms with E-state index in [0.717, 1.165) is 11.5 Å². The number of aromatic nitrogens is 2. The van der Waals surface area contributed by atoms with Crippen molar-refractivity contribution in [1.29, 1.82) is 0 Å². The molecule has 9 heteroatoms. The topological polar surface area (TPSA) is 108 Å². The lowest BCUT2D eigenvalue weighted by Crippen LogP contribution is -2.20. The minimum absolute atomic E-state index is 0.276. The third-order valence-corrected chi connectivity index (χ3v) is 3.74. The van der Waals surface area contributed by atoms with Gasteiger partial charge in [-0.25, -0.2) is 10.2 Å². The Morgan fingerprint density at radius 1 is 1.48 bits per heavy atom. The lowest BCUT2D eigenvalue weighted by atomic mass is 10.2. The van der Waals surface area contributed by atoms with Gasteiger partial charge in [0.2, 0.25) is 0 Å². The first-order valence-electron chi connectivity index (χ1n) is 6.91. The standard InChI is InChI=1S/C14H17N5O3S/c1-4-22-14(21)16-13-11(9(3)19-23-13)8(2)17-18-12(20)10-6-5-7-15-10/h5-7,15H,4H2,1-3H3,(H,16,21)(H,18,20)/b17-8+. The van der Waals surface area contributed by atoms with Crippen molar-refractivity contribution in [3.05, 3.63) is 35.3 Å². The molecule has 3 N–H and O–H groups in total. The van der Waals surface area contributed by atoms with Crippen LogP contribution in [0.15, 0.2) is 23.4 Å². The first-order valence-corrected chi connectivity index (χ1v) is 7.68. The number of aromatic amines is 1. The number of carbonyl (C=O) groups is 2.